The zero-order valence-electron chi connectivity index (χ0n) is 9.28. The molecule has 0 saturated heterocycles. The van der Waals surface area contributed by atoms with Crippen molar-refractivity contribution in [3.05, 3.63) is 24.3 Å². The molecule has 0 bridgehead atoms. The Bertz CT molecular complexity index is 376. The van der Waals surface area contributed by atoms with Gasteiger partial charge in [-0.1, -0.05) is 6.07 Å². The van der Waals surface area contributed by atoms with E-state index in [4.69, 9.17) is 22.3 Å². The molecule has 0 aliphatic carbocycles. The van der Waals surface area contributed by atoms with Gasteiger partial charge >= 0.3 is 40.0 Å². The van der Waals surface area contributed by atoms with Crippen molar-refractivity contribution in [2.45, 2.75) is 4.90 Å². The van der Waals surface area contributed by atoms with Crippen LogP contribution in [-0.4, -0.2) is 24.6 Å². The van der Waals surface area contributed by atoms with E-state index in [1.807, 2.05) is 24.3 Å². The summed E-state index contributed by atoms with van der Waals surface area (Å²) >= 11 is 4.13. The number of thiol groups is 1. The molecule has 1 rings (SSSR count). The van der Waals surface area contributed by atoms with Gasteiger partial charge in [0.1, 0.15) is 5.75 Å². The Labute approximate surface area is 118 Å². The van der Waals surface area contributed by atoms with Crippen LogP contribution < -0.4 is 34.3 Å². The third-order valence-corrected chi connectivity index (χ3v) is 1.33. The Hall–Kier alpha value is 0.240. The summed E-state index contributed by atoms with van der Waals surface area (Å²) in [5.41, 5.74) is 0. The molecule has 15 heavy (non-hydrogen) atoms. The fourth-order valence-electron chi connectivity index (χ4n) is 0.610. The molecule has 0 fully saturated rings. The smallest absolute Gasteiger partial charge is 1.00 e. The van der Waals surface area contributed by atoms with Gasteiger partial charge in [0, 0.05) is 4.90 Å². The monoisotopic (exact) mass is 262 g/mol. The second kappa shape index (κ2) is 8.40. The van der Waals surface area contributed by atoms with E-state index >= 15 is 0 Å². The van der Waals surface area contributed by atoms with Gasteiger partial charge in [-0.25, -0.2) is 0 Å². The van der Waals surface area contributed by atoms with E-state index in [2.05, 4.69) is 12.6 Å². The van der Waals surface area contributed by atoms with Gasteiger partial charge in [0.15, 0.2) is 0 Å². The molecule has 0 amide bonds. The quantitative estimate of drug-likeness (QED) is 0.324. The van der Waals surface area contributed by atoms with E-state index in [1.165, 1.54) is 0 Å². The standard InChI is InChI=1S/C7H8OS.Na.H2O4S.H/c1-8-6-3-2-4-7(9)5-6;;1-5(2,3)4;/h2-5,9H,1H3;;(H2,1,2,3,4);/q;+1;;-1. The summed E-state index contributed by atoms with van der Waals surface area (Å²) in [5, 5.41) is 0. The van der Waals surface area contributed by atoms with Gasteiger partial charge in [0.05, 0.1) is 7.11 Å². The Balaban J connectivity index is -0.000000214. The van der Waals surface area contributed by atoms with Crippen molar-refractivity contribution in [2.24, 2.45) is 0 Å². The van der Waals surface area contributed by atoms with Crippen LogP contribution in [0.5, 0.6) is 5.75 Å². The zero-order chi connectivity index (χ0) is 11.2. The first-order valence-electron chi connectivity index (χ1n) is 3.36. The van der Waals surface area contributed by atoms with Crippen molar-refractivity contribution >= 4 is 23.0 Å². The molecule has 1 aromatic carbocycles. The maximum Gasteiger partial charge on any atom is 1.00 e. The summed E-state index contributed by atoms with van der Waals surface area (Å²) in [6.07, 6.45) is 0. The molecule has 0 atom stereocenters. The molecule has 0 aromatic heterocycles. The summed E-state index contributed by atoms with van der Waals surface area (Å²) in [6.45, 7) is 0. The molecule has 0 unspecified atom stereocenters. The van der Waals surface area contributed by atoms with Gasteiger partial charge in [-0.3, -0.25) is 9.11 Å². The van der Waals surface area contributed by atoms with Crippen LogP contribution in [0.1, 0.15) is 1.43 Å². The van der Waals surface area contributed by atoms with Gasteiger partial charge < -0.3 is 6.16 Å². The Kier molecular flexibility index (Phi) is 9.87. The minimum atomic E-state index is -4.67. The molecule has 0 aliphatic heterocycles. The fraction of sp³-hybridized carbons (Fsp3) is 0.143. The third kappa shape index (κ3) is 14.2. The molecule has 8 heteroatoms. The van der Waals surface area contributed by atoms with E-state index in [0.717, 1.165) is 10.6 Å². The predicted octanol–water partition coefficient (Wildman–Crippen LogP) is -1.55. The fourth-order valence-corrected chi connectivity index (χ4v) is 0.824. The average Bonchev–Trinajstić information content (AvgIpc) is 2.01. The molecule has 0 saturated carbocycles. The van der Waals surface area contributed by atoms with Crippen LogP contribution in [0.15, 0.2) is 29.2 Å². The topological polar surface area (TPSA) is 83.8 Å². The van der Waals surface area contributed by atoms with Crippen LogP contribution in [-0.2, 0) is 10.4 Å². The summed E-state index contributed by atoms with van der Waals surface area (Å²) in [5.74, 6) is 0.850. The largest absolute Gasteiger partial charge is 1.00 e. The van der Waals surface area contributed by atoms with Crippen molar-refractivity contribution in [1.29, 1.82) is 0 Å². The Morgan fingerprint density at radius 1 is 1.40 bits per heavy atom. The van der Waals surface area contributed by atoms with Crippen LogP contribution in [0.4, 0.5) is 0 Å². The molecule has 0 radical (unpaired) electrons. The average molecular weight is 262 g/mol. The minimum Gasteiger partial charge on any atom is -1.00 e. The van der Waals surface area contributed by atoms with E-state index in [1.54, 1.807) is 7.11 Å². The summed E-state index contributed by atoms with van der Waals surface area (Å²) in [6, 6.07) is 7.57. The van der Waals surface area contributed by atoms with Crippen molar-refractivity contribution in [3.63, 3.8) is 0 Å². The molecule has 0 spiro atoms. The predicted molar refractivity (Wildman–Crippen MR) is 55.5 cm³/mol. The van der Waals surface area contributed by atoms with Gasteiger partial charge in [-0.05, 0) is 18.2 Å². The third-order valence-electron chi connectivity index (χ3n) is 1.05. The van der Waals surface area contributed by atoms with Crippen molar-refractivity contribution in [2.75, 3.05) is 7.11 Å². The first-order chi connectivity index (χ1) is 6.33. The molecular formula is C7H11NaO5S2. The van der Waals surface area contributed by atoms with Crippen molar-refractivity contribution in [3.8, 4) is 5.75 Å². The molecule has 0 aliphatic rings. The number of rotatable bonds is 1. The van der Waals surface area contributed by atoms with Crippen LogP contribution in [0.3, 0.4) is 0 Å². The second-order valence-corrected chi connectivity index (χ2v) is 3.56. The van der Waals surface area contributed by atoms with Crippen LogP contribution in [0.25, 0.3) is 0 Å². The Morgan fingerprint density at radius 3 is 2.13 bits per heavy atom. The van der Waals surface area contributed by atoms with Gasteiger partial charge in [-0.15, -0.1) is 12.6 Å². The minimum absolute atomic E-state index is 0. The van der Waals surface area contributed by atoms with E-state index in [0.29, 0.717) is 0 Å². The first-order valence-corrected chi connectivity index (χ1v) is 5.20. The maximum absolute atomic E-state index is 8.74. The zero-order valence-corrected chi connectivity index (χ0v) is 12.0. The number of hydrogen-bond donors (Lipinski definition) is 3. The molecule has 2 N–H and O–H groups in total. The number of ether oxygens (including phenoxy) is 1. The van der Waals surface area contributed by atoms with Gasteiger partial charge in [0.2, 0.25) is 0 Å². The summed E-state index contributed by atoms with van der Waals surface area (Å²) in [7, 11) is -3.03. The number of hydrogen-bond acceptors (Lipinski definition) is 4. The van der Waals surface area contributed by atoms with Crippen LogP contribution >= 0.6 is 12.6 Å². The molecule has 1 aromatic rings. The normalized spacial score (nSPS) is 9.33. The van der Waals surface area contributed by atoms with Gasteiger partial charge in [-0.2, -0.15) is 8.42 Å². The van der Waals surface area contributed by atoms with Crippen LogP contribution in [0.2, 0.25) is 0 Å². The molecular weight excluding hydrogens is 251 g/mol. The van der Waals surface area contributed by atoms with Crippen LogP contribution in [0, 0.1) is 0 Å². The second-order valence-electron chi connectivity index (χ2n) is 2.15. The Morgan fingerprint density at radius 2 is 1.87 bits per heavy atom. The SMILES string of the molecule is COc1cccc(S)c1.O=S(=O)(O)O.[H-].[Na+]. The van der Waals surface area contributed by atoms with Crippen molar-refractivity contribution < 1.29 is 53.2 Å². The van der Waals surface area contributed by atoms with E-state index < -0.39 is 10.4 Å². The summed E-state index contributed by atoms with van der Waals surface area (Å²) in [4.78, 5) is 0.925. The maximum atomic E-state index is 8.74. The van der Waals surface area contributed by atoms with Gasteiger partial charge in [0.25, 0.3) is 0 Å². The van der Waals surface area contributed by atoms with E-state index in [9.17, 15) is 0 Å². The molecule has 0 heterocycles. The number of methoxy groups -OCH3 is 1. The van der Waals surface area contributed by atoms with E-state index in [-0.39, 0.29) is 31.0 Å². The summed E-state index contributed by atoms with van der Waals surface area (Å²) < 4.78 is 36.5. The molecule has 82 valence electrons. The molecule has 5 nitrogen and oxygen atoms in total. The first kappa shape index (κ1) is 17.6. The van der Waals surface area contributed by atoms with Crippen molar-refractivity contribution in [1.82, 2.24) is 0 Å². The number of benzene rings is 1.